The lowest BCUT2D eigenvalue weighted by Crippen LogP contribution is -2.56. The highest BCUT2D eigenvalue weighted by Crippen LogP contribution is 2.10. The number of nitrogens with one attached hydrogen (secondary N) is 2. The molecule has 1 aliphatic rings. The Hall–Kier alpha value is -4.62. The summed E-state index contributed by atoms with van der Waals surface area (Å²) in [5.41, 5.74) is 7.10. The van der Waals surface area contributed by atoms with Crippen LogP contribution in [0.2, 0.25) is 0 Å². The van der Waals surface area contributed by atoms with Gasteiger partial charge in [0.15, 0.2) is 0 Å². The fraction of sp³-hybridized carbons (Fsp3) is 0.438. The molecule has 2 aromatic rings. The van der Waals surface area contributed by atoms with Crippen molar-refractivity contribution >= 4 is 35.6 Å². The van der Waals surface area contributed by atoms with E-state index in [1.54, 1.807) is 13.8 Å². The van der Waals surface area contributed by atoms with Crippen LogP contribution in [-0.2, 0) is 46.6 Å². The van der Waals surface area contributed by atoms with Gasteiger partial charge in [0.25, 0.3) is 0 Å². The smallest absolute Gasteiger partial charge is 0.331 e. The molecular formula is C32H46N4O9. The van der Waals surface area contributed by atoms with Crippen LogP contribution in [-0.4, -0.2) is 72.4 Å². The van der Waals surface area contributed by atoms with E-state index in [0.717, 1.165) is 16.0 Å². The minimum atomic E-state index is -0.679. The molecule has 1 aliphatic heterocycles. The number of primary amides is 1. The summed E-state index contributed by atoms with van der Waals surface area (Å²) in [7, 11) is 0. The van der Waals surface area contributed by atoms with Crippen molar-refractivity contribution in [3.63, 3.8) is 0 Å². The van der Waals surface area contributed by atoms with Gasteiger partial charge in [-0.3, -0.25) is 29.4 Å². The fourth-order valence-corrected chi connectivity index (χ4v) is 3.63. The van der Waals surface area contributed by atoms with Crippen LogP contribution in [0.3, 0.4) is 0 Å². The van der Waals surface area contributed by atoms with Gasteiger partial charge >= 0.3 is 18.0 Å². The lowest BCUT2D eigenvalue weighted by molar-refractivity contribution is -0.145. The molecule has 0 saturated carbocycles. The summed E-state index contributed by atoms with van der Waals surface area (Å²) in [4.78, 5) is 66.5. The van der Waals surface area contributed by atoms with E-state index in [9.17, 15) is 28.8 Å². The van der Waals surface area contributed by atoms with Crippen LogP contribution in [0.4, 0.5) is 9.59 Å². The van der Waals surface area contributed by atoms with Gasteiger partial charge in [-0.2, -0.15) is 0 Å². The van der Waals surface area contributed by atoms with E-state index >= 15 is 0 Å². The predicted octanol–water partition coefficient (Wildman–Crippen LogP) is 3.48. The van der Waals surface area contributed by atoms with Crippen molar-refractivity contribution in [3.05, 3.63) is 71.8 Å². The minimum absolute atomic E-state index is 0. The number of benzene rings is 2. The normalized spacial score (nSPS) is 13.3. The van der Waals surface area contributed by atoms with Crippen LogP contribution in [0.1, 0.15) is 59.1 Å². The van der Waals surface area contributed by atoms with Gasteiger partial charge in [0.05, 0.1) is 45.1 Å². The minimum Gasteiger partial charge on any atom is -0.466 e. The molecular weight excluding hydrogens is 584 g/mol. The summed E-state index contributed by atoms with van der Waals surface area (Å²) in [6.45, 7) is 8.59. The van der Waals surface area contributed by atoms with E-state index in [2.05, 4.69) is 15.4 Å². The monoisotopic (exact) mass is 630 g/mol. The number of hydrogen-bond donors (Lipinski definition) is 3. The molecule has 2 atom stereocenters. The zero-order chi connectivity index (χ0) is 32.9. The van der Waals surface area contributed by atoms with Gasteiger partial charge in [-0.05, 0) is 38.8 Å². The molecule has 1 heterocycles. The first-order chi connectivity index (χ1) is 20.9. The molecule has 13 heteroatoms. The van der Waals surface area contributed by atoms with E-state index < -0.39 is 35.9 Å². The fourth-order valence-electron chi connectivity index (χ4n) is 3.63. The number of ether oxygens (including phenoxy) is 3. The highest BCUT2D eigenvalue weighted by atomic mass is 16.5. The zero-order valence-electron chi connectivity index (χ0n) is 25.6. The molecule has 0 aliphatic carbocycles. The molecule has 0 aromatic heterocycles. The number of imide groups is 2. The van der Waals surface area contributed by atoms with E-state index in [-0.39, 0.29) is 38.7 Å². The van der Waals surface area contributed by atoms with Crippen LogP contribution in [0.15, 0.2) is 60.7 Å². The van der Waals surface area contributed by atoms with E-state index in [4.69, 9.17) is 15.2 Å². The zero-order valence-corrected chi connectivity index (χ0v) is 25.6. The summed E-state index contributed by atoms with van der Waals surface area (Å²) in [6.07, 6.45) is -0.400. The second kappa shape index (κ2) is 22.9. The van der Waals surface area contributed by atoms with E-state index in [1.807, 2.05) is 67.6 Å². The van der Waals surface area contributed by atoms with Gasteiger partial charge in [0.2, 0.25) is 11.8 Å². The number of carbonyl (C=O) groups is 6. The number of nitrogens with zero attached hydrogens (tertiary/aromatic N) is 1. The maximum Gasteiger partial charge on any atom is 0.331 e. The second-order valence-corrected chi connectivity index (χ2v) is 9.74. The van der Waals surface area contributed by atoms with Crippen LogP contribution in [0, 0.1) is 0 Å². The molecule has 3 rings (SSSR count). The molecule has 13 nitrogen and oxygen atoms in total. The van der Waals surface area contributed by atoms with Crippen LogP contribution >= 0.6 is 0 Å². The van der Waals surface area contributed by atoms with Gasteiger partial charge < -0.3 is 25.3 Å². The molecule has 1 saturated heterocycles. The number of nitrogens with two attached hydrogens (primary N) is 1. The van der Waals surface area contributed by atoms with Gasteiger partial charge in [0.1, 0.15) is 18.6 Å². The molecule has 0 bridgehead atoms. The molecule has 0 spiro atoms. The predicted molar refractivity (Wildman–Crippen MR) is 168 cm³/mol. The summed E-state index contributed by atoms with van der Waals surface area (Å²) >= 11 is 0. The third-order valence-corrected chi connectivity index (χ3v) is 5.52. The van der Waals surface area contributed by atoms with Crippen molar-refractivity contribution in [1.82, 2.24) is 15.5 Å². The number of amides is 6. The number of rotatable bonds is 13. The lowest BCUT2D eigenvalue weighted by Gasteiger charge is -2.30. The second-order valence-electron chi connectivity index (χ2n) is 9.74. The van der Waals surface area contributed by atoms with Crippen molar-refractivity contribution in [1.29, 1.82) is 0 Å². The molecule has 0 unspecified atom stereocenters. The van der Waals surface area contributed by atoms with Crippen molar-refractivity contribution in [2.24, 2.45) is 5.73 Å². The Labute approximate surface area is 264 Å². The average molecular weight is 631 g/mol. The molecule has 248 valence electrons. The molecule has 4 N–H and O–H groups in total. The van der Waals surface area contributed by atoms with Crippen molar-refractivity contribution in [2.75, 3.05) is 19.8 Å². The third kappa shape index (κ3) is 18.6. The molecule has 45 heavy (non-hydrogen) atoms. The summed E-state index contributed by atoms with van der Waals surface area (Å²) in [5, 5.41) is 4.66. The molecule has 0 radical (unpaired) electrons. The molecule has 1 fully saturated rings. The Balaban J connectivity index is 0.000000687. The van der Waals surface area contributed by atoms with Crippen molar-refractivity contribution in [3.8, 4) is 0 Å². The van der Waals surface area contributed by atoms with E-state index in [0.29, 0.717) is 26.4 Å². The highest BCUT2D eigenvalue weighted by Gasteiger charge is 2.34. The van der Waals surface area contributed by atoms with Crippen LogP contribution in [0.25, 0.3) is 0 Å². The van der Waals surface area contributed by atoms with Crippen LogP contribution < -0.4 is 16.4 Å². The summed E-state index contributed by atoms with van der Waals surface area (Å²) in [5.74, 6) is -1.65. The van der Waals surface area contributed by atoms with Gasteiger partial charge in [-0.25, -0.2) is 9.59 Å². The topological polar surface area (TPSA) is 183 Å². The van der Waals surface area contributed by atoms with Crippen LogP contribution in [0.5, 0.6) is 0 Å². The third-order valence-electron chi connectivity index (χ3n) is 5.52. The number of barbiturate groups is 1. The molecule has 2 aromatic carbocycles. The number of esters is 1. The van der Waals surface area contributed by atoms with Gasteiger partial charge in [-0.15, -0.1) is 0 Å². The highest BCUT2D eigenvalue weighted by molar-refractivity contribution is 6.14. The Bertz CT molecular complexity index is 1190. The molecule has 6 amide bonds. The van der Waals surface area contributed by atoms with Crippen molar-refractivity contribution < 1.29 is 43.0 Å². The Morgan fingerprint density at radius 3 is 1.87 bits per heavy atom. The lowest BCUT2D eigenvalue weighted by atomic mass is 10.2. The first-order valence-corrected chi connectivity index (χ1v) is 14.0. The SMILES string of the molecule is C.CCOC(=O)CC(C)=O.C[C@H](COCc1ccccc1)N1C(=O)CC(=O)NC1=O.C[C@H](COCc1ccccc1)NC(N)=O. The number of ketones is 1. The van der Waals surface area contributed by atoms with Gasteiger partial charge in [-0.1, -0.05) is 68.1 Å². The first kappa shape index (κ1) is 40.4. The first-order valence-electron chi connectivity index (χ1n) is 14.0. The average Bonchev–Trinajstić information content (AvgIpc) is 2.94. The summed E-state index contributed by atoms with van der Waals surface area (Å²) in [6, 6.07) is 17.8. The van der Waals surface area contributed by atoms with E-state index in [1.165, 1.54) is 6.92 Å². The Morgan fingerprint density at radius 2 is 1.42 bits per heavy atom. The van der Waals surface area contributed by atoms with Gasteiger partial charge in [0, 0.05) is 0 Å². The number of urea groups is 2. The Kier molecular flexibility index (Phi) is 20.5. The number of carbonyl (C=O) groups excluding carboxylic acids is 6. The number of Topliss-reactive ketones (excluding diaryl/α,β-unsaturated/α-hetero) is 1. The number of hydrogen-bond acceptors (Lipinski definition) is 9. The largest absolute Gasteiger partial charge is 0.466 e. The quantitative estimate of drug-likeness (QED) is 0.220. The maximum atomic E-state index is 11.7. The standard InChI is InChI=1S/C14H16N2O4.C11H16N2O2.C6H10O3.CH4/c1-10(8-20-9-11-5-3-2-4-6-11)16-13(18)7-12(17)15-14(16)19;1-9(13-11(12)14)7-15-8-10-5-3-2-4-6-10;1-3-9-6(8)4-5(2)7;/h2-6,10H,7-9H2,1H3,(H,15,17,19);2-6,9H,7-8H2,1H3,(H3,12,13,14);3-4H2,1-2H3;1H4/t10-;9-;;/m11../s1. The maximum absolute atomic E-state index is 11.7. The summed E-state index contributed by atoms with van der Waals surface area (Å²) < 4.78 is 15.4. The Morgan fingerprint density at radius 1 is 0.911 bits per heavy atom. The van der Waals surface area contributed by atoms with Crippen molar-refractivity contribution in [2.45, 2.75) is 73.3 Å².